The van der Waals surface area contributed by atoms with Gasteiger partial charge in [0.15, 0.2) is 0 Å². The summed E-state index contributed by atoms with van der Waals surface area (Å²) in [5.41, 5.74) is 0.835. The van der Waals surface area contributed by atoms with Crippen molar-refractivity contribution in [3.8, 4) is 0 Å². The molecular formula is C9H13ClN2O. The van der Waals surface area contributed by atoms with Crippen LogP contribution in [0, 0.1) is 0 Å². The fourth-order valence-electron chi connectivity index (χ4n) is 1.11. The van der Waals surface area contributed by atoms with Gasteiger partial charge in [0.25, 0.3) is 0 Å². The molecule has 0 aliphatic rings. The van der Waals surface area contributed by atoms with Gasteiger partial charge in [0, 0.05) is 25.5 Å². The highest BCUT2D eigenvalue weighted by atomic mass is 35.5. The number of hydrogen-bond acceptors (Lipinski definition) is 2. The van der Waals surface area contributed by atoms with Gasteiger partial charge < -0.3 is 0 Å². The molecule has 0 amide bonds. The minimum absolute atomic E-state index is 0.208. The highest BCUT2D eigenvalue weighted by molar-refractivity contribution is 6.17. The number of hydrogen-bond donors (Lipinski definition) is 0. The van der Waals surface area contributed by atoms with Crippen LogP contribution in [0.5, 0.6) is 0 Å². The molecule has 3 nitrogen and oxygen atoms in total. The van der Waals surface area contributed by atoms with Crippen molar-refractivity contribution >= 4 is 17.4 Å². The zero-order valence-corrected chi connectivity index (χ0v) is 8.42. The predicted octanol–water partition coefficient (Wildman–Crippen LogP) is 1.55. The van der Waals surface area contributed by atoms with Crippen molar-refractivity contribution in [2.45, 2.75) is 19.3 Å². The largest absolute Gasteiger partial charge is 0.299 e. The van der Waals surface area contributed by atoms with E-state index in [9.17, 15) is 4.79 Å². The SMILES string of the molecule is Cn1ccc(CC(=O)CCCCl)n1. The molecule has 0 unspecified atom stereocenters. The van der Waals surface area contributed by atoms with E-state index in [2.05, 4.69) is 5.10 Å². The molecule has 0 saturated heterocycles. The maximum atomic E-state index is 11.3. The Morgan fingerprint density at radius 2 is 2.46 bits per heavy atom. The van der Waals surface area contributed by atoms with Gasteiger partial charge in [0.2, 0.25) is 0 Å². The fraction of sp³-hybridized carbons (Fsp3) is 0.556. The van der Waals surface area contributed by atoms with Gasteiger partial charge in [-0.05, 0) is 12.5 Å². The van der Waals surface area contributed by atoms with Crippen molar-refractivity contribution in [1.82, 2.24) is 9.78 Å². The van der Waals surface area contributed by atoms with Crippen LogP contribution in [0.1, 0.15) is 18.5 Å². The molecule has 0 saturated carbocycles. The smallest absolute Gasteiger partial charge is 0.138 e. The molecule has 0 radical (unpaired) electrons. The zero-order chi connectivity index (χ0) is 9.68. The van der Waals surface area contributed by atoms with E-state index in [1.807, 2.05) is 19.3 Å². The number of rotatable bonds is 5. The molecule has 1 aromatic heterocycles. The van der Waals surface area contributed by atoms with Crippen LogP contribution in [0.15, 0.2) is 12.3 Å². The van der Waals surface area contributed by atoms with Crippen LogP contribution in [0.4, 0.5) is 0 Å². The van der Waals surface area contributed by atoms with E-state index in [1.54, 1.807) is 4.68 Å². The van der Waals surface area contributed by atoms with Crippen molar-refractivity contribution in [1.29, 1.82) is 0 Å². The number of nitrogens with zero attached hydrogens (tertiary/aromatic N) is 2. The monoisotopic (exact) mass is 200 g/mol. The number of carbonyl (C=O) groups is 1. The molecule has 0 aliphatic heterocycles. The van der Waals surface area contributed by atoms with Crippen molar-refractivity contribution < 1.29 is 4.79 Å². The fourth-order valence-corrected chi connectivity index (χ4v) is 1.25. The second kappa shape index (κ2) is 5.02. The molecule has 0 atom stereocenters. The standard InChI is InChI=1S/C9H13ClN2O/c1-12-6-4-8(11-12)7-9(13)3-2-5-10/h4,6H,2-3,5,7H2,1H3. The molecule has 0 bridgehead atoms. The topological polar surface area (TPSA) is 34.9 Å². The first-order valence-electron chi connectivity index (χ1n) is 4.28. The highest BCUT2D eigenvalue weighted by Gasteiger charge is 2.04. The first-order valence-corrected chi connectivity index (χ1v) is 4.82. The second-order valence-electron chi connectivity index (χ2n) is 2.99. The van der Waals surface area contributed by atoms with Gasteiger partial charge in [-0.3, -0.25) is 9.48 Å². The first-order chi connectivity index (χ1) is 6.22. The van der Waals surface area contributed by atoms with Gasteiger partial charge >= 0.3 is 0 Å². The Morgan fingerprint density at radius 1 is 1.69 bits per heavy atom. The lowest BCUT2D eigenvalue weighted by Crippen LogP contribution is -2.03. The third kappa shape index (κ3) is 3.59. The first kappa shape index (κ1) is 10.3. The van der Waals surface area contributed by atoms with Crippen molar-refractivity contribution in [3.05, 3.63) is 18.0 Å². The average molecular weight is 201 g/mol. The summed E-state index contributed by atoms with van der Waals surface area (Å²) >= 11 is 5.48. The van der Waals surface area contributed by atoms with Gasteiger partial charge in [-0.1, -0.05) is 0 Å². The minimum atomic E-state index is 0.208. The van der Waals surface area contributed by atoms with E-state index in [1.165, 1.54) is 0 Å². The van der Waals surface area contributed by atoms with Gasteiger partial charge in [-0.15, -0.1) is 11.6 Å². The molecule has 1 heterocycles. The molecule has 72 valence electrons. The van der Waals surface area contributed by atoms with Gasteiger partial charge in [0.1, 0.15) is 5.78 Å². The number of ketones is 1. The van der Waals surface area contributed by atoms with Crippen molar-refractivity contribution in [3.63, 3.8) is 0 Å². The number of carbonyl (C=O) groups excluding carboxylic acids is 1. The van der Waals surface area contributed by atoms with Gasteiger partial charge in [-0.25, -0.2) is 0 Å². The molecule has 0 spiro atoms. The van der Waals surface area contributed by atoms with Gasteiger partial charge in [0.05, 0.1) is 12.1 Å². The maximum absolute atomic E-state index is 11.3. The summed E-state index contributed by atoms with van der Waals surface area (Å²) in [5, 5.41) is 4.12. The Kier molecular flexibility index (Phi) is 3.96. The Bertz CT molecular complexity index is 283. The van der Waals surface area contributed by atoms with E-state index in [0.29, 0.717) is 18.7 Å². The van der Waals surface area contributed by atoms with Crippen LogP contribution in [0.3, 0.4) is 0 Å². The lowest BCUT2D eigenvalue weighted by molar-refractivity contribution is -0.118. The minimum Gasteiger partial charge on any atom is -0.299 e. The van der Waals surface area contributed by atoms with Crippen LogP contribution >= 0.6 is 11.6 Å². The van der Waals surface area contributed by atoms with Crippen LogP contribution in [-0.4, -0.2) is 21.4 Å². The Hall–Kier alpha value is -0.830. The molecule has 13 heavy (non-hydrogen) atoms. The third-order valence-corrected chi connectivity index (χ3v) is 2.00. The van der Waals surface area contributed by atoms with Crippen LogP contribution in [0.2, 0.25) is 0 Å². The predicted molar refractivity (Wildman–Crippen MR) is 51.9 cm³/mol. The quantitative estimate of drug-likeness (QED) is 0.676. The number of Topliss-reactive ketones (excluding diaryl/α,β-unsaturated/α-hetero) is 1. The van der Waals surface area contributed by atoms with Crippen LogP contribution in [0.25, 0.3) is 0 Å². The second-order valence-corrected chi connectivity index (χ2v) is 3.37. The third-order valence-electron chi connectivity index (χ3n) is 1.74. The molecule has 1 rings (SSSR count). The molecule has 0 N–H and O–H groups in total. The molecule has 0 fully saturated rings. The molecule has 1 aromatic rings. The average Bonchev–Trinajstić information content (AvgIpc) is 2.48. The normalized spacial score (nSPS) is 10.3. The molecular weight excluding hydrogens is 188 g/mol. The van der Waals surface area contributed by atoms with E-state index in [-0.39, 0.29) is 5.78 Å². The number of aryl methyl sites for hydroxylation is 1. The van der Waals surface area contributed by atoms with Crippen LogP contribution < -0.4 is 0 Å². The van der Waals surface area contributed by atoms with Crippen molar-refractivity contribution in [2.75, 3.05) is 5.88 Å². The van der Waals surface area contributed by atoms with E-state index in [0.717, 1.165) is 12.1 Å². The zero-order valence-electron chi connectivity index (χ0n) is 7.66. The molecule has 0 aromatic carbocycles. The summed E-state index contributed by atoms with van der Waals surface area (Å²) < 4.78 is 1.70. The van der Waals surface area contributed by atoms with Crippen molar-refractivity contribution in [2.24, 2.45) is 7.05 Å². The number of aromatic nitrogens is 2. The summed E-state index contributed by atoms with van der Waals surface area (Å²) in [5.74, 6) is 0.757. The van der Waals surface area contributed by atoms with E-state index >= 15 is 0 Å². The Balaban J connectivity index is 2.36. The Labute approximate surface area is 82.7 Å². The maximum Gasteiger partial charge on any atom is 0.138 e. The molecule has 4 heteroatoms. The molecule has 0 aliphatic carbocycles. The summed E-state index contributed by atoms with van der Waals surface area (Å²) in [4.78, 5) is 11.3. The number of alkyl halides is 1. The number of halogens is 1. The summed E-state index contributed by atoms with van der Waals surface area (Å²) in [6, 6.07) is 1.86. The highest BCUT2D eigenvalue weighted by Crippen LogP contribution is 2.01. The van der Waals surface area contributed by atoms with E-state index < -0.39 is 0 Å². The van der Waals surface area contributed by atoms with Gasteiger partial charge in [-0.2, -0.15) is 5.10 Å². The summed E-state index contributed by atoms with van der Waals surface area (Å²) in [6.07, 6.45) is 3.58. The Morgan fingerprint density at radius 3 is 3.00 bits per heavy atom. The summed E-state index contributed by atoms with van der Waals surface area (Å²) in [6.45, 7) is 0. The van der Waals surface area contributed by atoms with E-state index in [4.69, 9.17) is 11.6 Å². The lowest BCUT2D eigenvalue weighted by atomic mass is 10.1. The lowest BCUT2D eigenvalue weighted by Gasteiger charge is -1.95. The summed E-state index contributed by atoms with van der Waals surface area (Å²) in [7, 11) is 1.84. The van der Waals surface area contributed by atoms with Crippen LogP contribution in [-0.2, 0) is 18.3 Å².